The highest BCUT2D eigenvalue weighted by atomic mass is 16.5. The van der Waals surface area contributed by atoms with Gasteiger partial charge in [0.2, 0.25) is 0 Å². The van der Waals surface area contributed by atoms with Crippen LogP contribution in [-0.2, 0) is 0 Å². The van der Waals surface area contributed by atoms with Gasteiger partial charge in [-0.2, -0.15) is 0 Å². The number of nitrogens with zero attached hydrogens (tertiary/aromatic N) is 2. The minimum absolute atomic E-state index is 0.987. The van der Waals surface area contributed by atoms with Crippen molar-refractivity contribution in [2.45, 2.75) is 13.8 Å². The number of benzene rings is 1. The van der Waals surface area contributed by atoms with Gasteiger partial charge >= 0.3 is 0 Å². The molecule has 0 atom stereocenters. The van der Waals surface area contributed by atoms with Crippen molar-refractivity contribution in [3.63, 3.8) is 0 Å². The Morgan fingerprint density at radius 2 is 1.88 bits per heavy atom. The maximum absolute atomic E-state index is 5.45. The predicted molar refractivity (Wildman–Crippen MR) is 72.1 cm³/mol. The molecule has 2 rings (SSSR count). The van der Waals surface area contributed by atoms with Gasteiger partial charge in [-0.3, -0.25) is 0 Å². The van der Waals surface area contributed by atoms with E-state index in [-0.39, 0.29) is 0 Å². The molecule has 0 bridgehead atoms. The van der Waals surface area contributed by atoms with Crippen LogP contribution in [0.5, 0.6) is 5.75 Å². The molecular formula is C14H22N2O. The molecule has 94 valence electrons. The number of rotatable bonds is 3. The van der Waals surface area contributed by atoms with Gasteiger partial charge in [-0.25, -0.2) is 0 Å². The van der Waals surface area contributed by atoms with Crippen LogP contribution in [-0.4, -0.2) is 44.7 Å². The number of methoxy groups -OCH3 is 1. The molecule has 0 N–H and O–H groups in total. The lowest BCUT2D eigenvalue weighted by Crippen LogP contribution is -2.46. The third-order valence-electron chi connectivity index (χ3n) is 3.49. The van der Waals surface area contributed by atoms with Crippen LogP contribution in [0.1, 0.15) is 12.5 Å². The molecule has 0 aromatic heterocycles. The summed E-state index contributed by atoms with van der Waals surface area (Å²) in [5.74, 6) is 0.987. The monoisotopic (exact) mass is 234 g/mol. The lowest BCUT2D eigenvalue weighted by atomic mass is 10.1. The first kappa shape index (κ1) is 12.2. The van der Waals surface area contributed by atoms with Crippen molar-refractivity contribution in [3.05, 3.63) is 23.8 Å². The summed E-state index contributed by atoms with van der Waals surface area (Å²) in [6.07, 6.45) is 0. The Hall–Kier alpha value is -1.22. The molecule has 1 heterocycles. The third-order valence-corrected chi connectivity index (χ3v) is 3.49. The van der Waals surface area contributed by atoms with E-state index in [1.165, 1.54) is 11.3 Å². The lowest BCUT2D eigenvalue weighted by Gasteiger charge is -2.36. The predicted octanol–water partition coefficient (Wildman–Crippen LogP) is 2.15. The van der Waals surface area contributed by atoms with Gasteiger partial charge in [0.25, 0.3) is 0 Å². The molecule has 0 amide bonds. The van der Waals surface area contributed by atoms with Gasteiger partial charge in [-0.1, -0.05) is 13.0 Å². The second-order valence-electron chi connectivity index (χ2n) is 4.60. The van der Waals surface area contributed by atoms with Crippen LogP contribution in [0.15, 0.2) is 18.2 Å². The summed E-state index contributed by atoms with van der Waals surface area (Å²) in [4.78, 5) is 4.91. The van der Waals surface area contributed by atoms with Gasteiger partial charge in [0.15, 0.2) is 0 Å². The molecule has 1 saturated heterocycles. The second kappa shape index (κ2) is 5.41. The fourth-order valence-electron chi connectivity index (χ4n) is 2.35. The first-order chi connectivity index (χ1) is 8.24. The summed E-state index contributed by atoms with van der Waals surface area (Å²) in [7, 11) is 1.75. The number of anilines is 1. The number of hydrogen-bond acceptors (Lipinski definition) is 3. The molecule has 1 fully saturated rings. The molecule has 0 radical (unpaired) electrons. The molecule has 1 aromatic carbocycles. The van der Waals surface area contributed by atoms with Gasteiger partial charge in [-0.05, 0) is 31.2 Å². The van der Waals surface area contributed by atoms with Crippen LogP contribution >= 0.6 is 0 Å². The molecule has 3 nitrogen and oxygen atoms in total. The maximum Gasteiger partial charge on any atom is 0.142 e. The maximum atomic E-state index is 5.45. The summed E-state index contributed by atoms with van der Waals surface area (Å²) >= 11 is 0. The number of aryl methyl sites for hydroxylation is 1. The van der Waals surface area contributed by atoms with Crippen molar-refractivity contribution < 1.29 is 4.74 Å². The average molecular weight is 234 g/mol. The SMILES string of the molecule is CCN1CCN(c2cc(C)ccc2OC)CC1. The standard InChI is InChI=1S/C14H22N2O/c1-4-15-7-9-16(10-8-15)13-11-12(2)5-6-14(13)17-3/h5-6,11H,4,7-10H2,1-3H3. The van der Waals surface area contributed by atoms with Gasteiger partial charge in [0, 0.05) is 26.2 Å². The molecule has 1 aromatic rings. The summed E-state index contributed by atoms with van der Waals surface area (Å²) in [5, 5.41) is 0. The highest BCUT2D eigenvalue weighted by Gasteiger charge is 2.18. The smallest absolute Gasteiger partial charge is 0.142 e. The zero-order valence-electron chi connectivity index (χ0n) is 11.1. The van der Waals surface area contributed by atoms with Crippen LogP contribution in [0.3, 0.4) is 0 Å². The van der Waals surface area contributed by atoms with E-state index >= 15 is 0 Å². The summed E-state index contributed by atoms with van der Waals surface area (Å²) in [6.45, 7) is 9.98. The van der Waals surface area contributed by atoms with Crippen molar-refractivity contribution >= 4 is 5.69 Å². The highest BCUT2D eigenvalue weighted by molar-refractivity contribution is 5.60. The molecule has 1 aliphatic rings. The topological polar surface area (TPSA) is 15.7 Å². The molecule has 0 unspecified atom stereocenters. The third kappa shape index (κ3) is 2.72. The first-order valence-electron chi connectivity index (χ1n) is 6.36. The summed E-state index contributed by atoms with van der Waals surface area (Å²) in [6, 6.07) is 6.39. The molecule has 3 heteroatoms. The summed E-state index contributed by atoms with van der Waals surface area (Å²) in [5.41, 5.74) is 2.53. The highest BCUT2D eigenvalue weighted by Crippen LogP contribution is 2.29. The Morgan fingerprint density at radius 1 is 1.18 bits per heavy atom. The van der Waals surface area contributed by atoms with E-state index in [4.69, 9.17) is 4.74 Å². The molecule has 17 heavy (non-hydrogen) atoms. The zero-order chi connectivity index (χ0) is 12.3. The Balaban J connectivity index is 2.14. The molecule has 0 spiro atoms. The Labute approximate surface area is 104 Å². The largest absolute Gasteiger partial charge is 0.495 e. The van der Waals surface area contributed by atoms with E-state index in [9.17, 15) is 0 Å². The van der Waals surface area contributed by atoms with Crippen LogP contribution in [0, 0.1) is 6.92 Å². The Morgan fingerprint density at radius 3 is 2.47 bits per heavy atom. The number of likely N-dealkylation sites (N-methyl/N-ethyl adjacent to an activating group) is 1. The normalized spacial score (nSPS) is 17.2. The van der Waals surface area contributed by atoms with Crippen LogP contribution in [0.2, 0.25) is 0 Å². The quantitative estimate of drug-likeness (QED) is 0.797. The van der Waals surface area contributed by atoms with E-state index in [2.05, 4.69) is 41.8 Å². The first-order valence-corrected chi connectivity index (χ1v) is 6.36. The Bertz CT molecular complexity index is 370. The van der Waals surface area contributed by atoms with Crippen molar-refractivity contribution in [1.29, 1.82) is 0 Å². The summed E-state index contributed by atoms with van der Waals surface area (Å²) < 4.78 is 5.45. The van der Waals surface area contributed by atoms with Gasteiger partial charge in [-0.15, -0.1) is 0 Å². The fraction of sp³-hybridized carbons (Fsp3) is 0.571. The second-order valence-corrected chi connectivity index (χ2v) is 4.60. The lowest BCUT2D eigenvalue weighted by molar-refractivity contribution is 0.270. The van der Waals surface area contributed by atoms with Gasteiger partial charge in [0.1, 0.15) is 5.75 Å². The van der Waals surface area contributed by atoms with Gasteiger partial charge < -0.3 is 14.5 Å². The van der Waals surface area contributed by atoms with E-state index in [0.717, 1.165) is 38.5 Å². The van der Waals surface area contributed by atoms with Crippen molar-refractivity contribution in [2.75, 3.05) is 44.7 Å². The van der Waals surface area contributed by atoms with Gasteiger partial charge in [0.05, 0.1) is 12.8 Å². The van der Waals surface area contributed by atoms with Crippen molar-refractivity contribution in [1.82, 2.24) is 4.90 Å². The molecule has 0 aliphatic carbocycles. The number of ether oxygens (including phenoxy) is 1. The number of piperazine rings is 1. The van der Waals surface area contributed by atoms with E-state index in [0.29, 0.717) is 0 Å². The van der Waals surface area contributed by atoms with Crippen molar-refractivity contribution in [3.8, 4) is 5.75 Å². The van der Waals surface area contributed by atoms with E-state index < -0.39 is 0 Å². The molecule has 0 saturated carbocycles. The zero-order valence-corrected chi connectivity index (χ0v) is 11.1. The Kier molecular flexibility index (Phi) is 3.89. The van der Waals surface area contributed by atoms with E-state index in [1.54, 1.807) is 7.11 Å². The van der Waals surface area contributed by atoms with Crippen molar-refractivity contribution in [2.24, 2.45) is 0 Å². The average Bonchev–Trinajstić information content (AvgIpc) is 2.39. The fourth-order valence-corrected chi connectivity index (χ4v) is 2.35. The van der Waals surface area contributed by atoms with Crippen LogP contribution in [0.25, 0.3) is 0 Å². The molecule has 1 aliphatic heterocycles. The minimum atomic E-state index is 0.987. The van der Waals surface area contributed by atoms with Crippen LogP contribution in [0.4, 0.5) is 5.69 Å². The molecular weight excluding hydrogens is 212 g/mol. The minimum Gasteiger partial charge on any atom is -0.495 e. The van der Waals surface area contributed by atoms with Crippen LogP contribution < -0.4 is 9.64 Å². The number of hydrogen-bond donors (Lipinski definition) is 0. The van der Waals surface area contributed by atoms with E-state index in [1.807, 2.05) is 0 Å².